The average molecular weight is 223 g/mol. The first kappa shape index (κ1) is 13.5. The fraction of sp³-hybridized carbons (Fsp3) is 0.923. The predicted octanol–water partition coefficient (Wildman–Crippen LogP) is 2.14. The molecule has 0 heterocycles. The lowest BCUT2D eigenvalue weighted by Crippen LogP contribution is -2.53. The summed E-state index contributed by atoms with van der Waals surface area (Å²) in [6.45, 7) is 10.5. The van der Waals surface area contributed by atoms with Crippen molar-refractivity contribution in [2.24, 2.45) is 0 Å². The third-order valence-electron chi connectivity index (χ3n) is 3.49. The Morgan fingerprint density at radius 3 is 2.50 bits per heavy atom. The highest BCUT2D eigenvalue weighted by molar-refractivity contribution is 5.09. The molecule has 1 saturated carbocycles. The molecule has 2 atom stereocenters. The van der Waals surface area contributed by atoms with Crippen LogP contribution in [0.3, 0.4) is 0 Å². The maximum Gasteiger partial charge on any atom is 0.116 e. The SMILES string of the molecule is CCC(C)N(CC)CC(C)(C#N)NC1CC1. The zero-order valence-corrected chi connectivity index (χ0v) is 11.1. The van der Waals surface area contributed by atoms with E-state index in [1.54, 1.807) is 0 Å². The van der Waals surface area contributed by atoms with E-state index in [-0.39, 0.29) is 5.54 Å². The topological polar surface area (TPSA) is 39.1 Å². The monoisotopic (exact) mass is 223 g/mol. The van der Waals surface area contributed by atoms with Crippen molar-refractivity contribution in [2.45, 2.75) is 64.6 Å². The number of nitrogens with one attached hydrogen (secondary N) is 1. The molecule has 1 rings (SSSR count). The van der Waals surface area contributed by atoms with Crippen molar-refractivity contribution in [2.75, 3.05) is 13.1 Å². The van der Waals surface area contributed by atoms with E-state index in [1.807, 2.05) is 6.92 Å². The molecule has 3 nitrogen and oxygen atoms in total. The largest absolute Gasteiger partial charge is 0.298 e. The molecule has 92 valence electrons. The summed E-state index contributed by atoms with van der Waals surface area (Å²) in [6.07, 6.45) is 3.60. The van der Waals surface area contributed by atoms with Gasteiger partial charge in [-0.25, -0.2) is 0 Å². The normalized spacial score (nSPS) is 21.5. The van der Waals surface area contributed by atoms with Gasteiger partial charge in [0.1, 0.15) is 5.54 Å². The second kappa shape index (κ2) is 5.65. The number of hydrogen-bond acceptors (Lipinski definition) is 3. The van der Waals surface area contributed by atoms with Gasteiger partial charge >= 0.3 is 0 Å². The minimum Gasteiger partial charge on any atom is -0.298 e. The molecule has 0 saturated heterocycles. The summed E-state index contributed by atoms with van der Waals surface area (Å²) in [7, 11) is 0. The van der Waals surface area contributed by atoms with E-state index in [4.69, 9.17) is 0 Å². The third-order valence-corrected chi connectivity index (χ3v) is 3.49. The minimum absolute atomic E-state index is 0.388. The van der Waals surface area contributed by atoms with Gasteiger partial charge in [0, 0.05) is 18.6 Å². The van der Waals surface area contributed by atoms with Gasteiger partial charge in [0.05, 0.1) is 6.07 Å². The fourth-order valence-electron chi connectivity index (χ4n) is 2.04. The summed E-state index contributed by atoms with van der Waals surface area (Å²) >= 11 is 0. The molecule has 1 aliphatic carbocycles. The van der Waals surface area contributed by atoms with Crippen LogP contribution in [0, 0.1) is 11.3 Å². The molecule has 2 unspecified atom stereocenters. The Morgan fingerprint density at radius 2 is 2.12 bits per heavy atom. The molecule has 1 N–H and O–H groups in total. The zero-order chi connectivity index (χ0) is 12.2. The zero-order valence-electron chi connectivity index (χ0n) is 11.1. The van der Waals surface area contributed by atoms with E-state index >= 15 is 0 Å². The Morgan fingerprint density at radius 1 is 1.50 bits per heavy atom. The van der Waals surface area contributed by atoms with Crippen LogP contribution < -0.4 is 5.32 Å². The molecule has 0 radical (unpaired) electrons. The standard InChI is InChI=1S/C13H25N3/c1-5-11(3)16(6-2)10-13(4,9-14)15-12-7-8-12/h11-12,15H,5-8,10H2,1-4H3. The van der Waals surface area contributed by atoms with Crippen LogP contribution >= 0.6 is 0 Å². The number of nitriles is 1. The van der Waals surface area contributed by atoms with Gasteiger partial charge in [-0.1, -0.05) is 13.8 Å². The van der Waals surface area contributed by atoms with Crippen LogP contribution in [0.15, 0.2) is 0 Å². The summed E-state index contributed by atoms with van der Waals surface area (Å²) in [5, 5.41) is 12.8. The maximum absolute atomic E-state index is 9.32. The summed E-state index contributed by atoms with van der Waals surface area (Å²) in [5.74, 6) is 0. The lowest BCUT2D eigenvalue weighted by Gasteiger charge is -2.34. The van der Waals surface area contributed by atoms with Gasteiger partial charge in [0.25, 0.3) is 0 Å². The van der Waals surface area contributed by atoms with Crippen molar-refractivity contribution in [3.63, 3.8) is 0 Å². The van der Waals surface area contributed by atoms with Crippen molar-refractivity contribution in [3.05, 3.63) is 0 Å². The van der Waals surface area contributed by atoms with Crippen LogP contribution in [-0.4, -0.2) is 35.6 Å². The molecule has 0 amide bonds. The first-order chi connectivity index (χ1) is 7.54. The summed E-state index contributed by atoms with van der Waals surface area (Å²) in [4.78, 5) is 2.39. The van der Waals surface area contributed by atoms with Gasteiger partial charge < -0.3 is 0 Å². The number of rotatable bonds is 7. The van der Waals surface area contributed by atoms with Gasteiger partial charge in [0.15, 0.2) is 0 Å². The second-order valence-corrected chi connectivity index (χ2v) is 5.18. The number of hydrogen-bond donors (Lipinski definition) is 1. The Kier molecular flexibility index (Phi) is 4.76. The first-order valence-electron chi connectivity index (χ1n) is 6.47. The summed E-state index contributed by atoms with van der Waals surface area (Å²) in [6, 6.07) is 3.58. The highest BCUT2D eigenvalue weighted by Crippen LogP contribution is 2.23. The van der Waals surface area contributed by atoms with E-state index in [9.17, 15) is 5.26 Å². The van der Waals surface area contributed by atoms with Gasteiger partial charge in [0.2, 0.25) is 0 Å². The molecular formula is C13H25N3. The minimum atomic E-state index is -0.388. The Bertz CT molecular complexity index is 254. The van der Waals surface area contributed by atoms with Gasteiger partial charge in [-0.2, -0.15) is 5.26 Å². The Labute approximate surface area is 99.8 Å². The number of nitrogens with zero attached hydrogens (tertiary/aromatic N) is 2. The molecule has 0 aromatic heterocycles. The van der Waals surface area contributed by atoms with Gasteiger partial charge in [-0.3, -0.25) is 10.2 Å². The van der Waals surface area contributed by atoms with Crippen LogP contribution in [-0.2, 0) is 0 Å². The van der Waals surface area contributed by atoms with E-state index in [0.29, 0.717) is 12.1 Å². The first-order valence-corrected chi connectivity index (χ1v) is 6.47. The highest BCUT2D eigenvalue weighted by Gasteiger charge is 2.34. The molecule has 16 heavy (non-hydrogen) atoms. The lowest BCUT2D eigenvalue weighted by molar-refractivity contribution is 0.173. The fourth-order valence-corrected chi connectivity index (χ4v) is 2.04. The third kappa shape index (κ3) is 3.77. The van der Waals surface area contributed by atoms with Crippen LogP contribution in [0.4, 0.5) is 0 Å². The van der Waals surface area contributed by atoms with Gasteiger partial charge in [-0.15, -0.1) is 0 Å². The van der Waals surface area contributed by atoms with Crippen molar-refractivity contribution in [1.29, 1.82) is 5.26 Å². The molecule has 0 aliphatic heterocycles. The summed E-state index contributed by atoms with van der Waals surface area (Å²) in [5.41, 5.74) is -0.388. The maximum atomic E-state index is 9.32. The molecule has 3 heteroatoms. The highest BCUT2D eigenvalue weighted by atomic mass is 15.2. The van der Waals surface area contributed by atoms with E-state index < -0.39 is 0 Å². The molecule has 0 bridgehead atoms. The summed E-state index contributed by atoms with van der Waals surface area (Å²) < 4.78 is 0. The average Bonchev–Trinajstić information content (AvgIpc) is 3.08. The Balaban J connectivity index is 2.55. The molecule has 1 fully saturated rings. The Hall–Kier alpha value is -0.590. The number of likely N-dealkylation sites (N-methyl/N-ethyl adjacent to an activating group) is 1. The van der Waals surface area contributed by atoms with Crippen molar-refractivity contribution in [1.82, 2.24) is 10.2 Å². The van der Waals surface area contributed by atoms with Crippen molar-refractivity contribution >= 4 is 0 Å². The smallest absolute Gasteiger partial charge is 0.116 e. The van der Waals surface area contributed by atoms with Gasteiger partial charge in [-0.05, 0) is 39.7 Å². The quantitative estimate of drug-likeness (QED) is 0.718. The van der Waals surface area contributed by atoms with E-state index in [2.05, 4.69) is 37.1 Å². The van der Waals surface area contributed by atoms with Crippen molar-refractivity contribution in [3.8, 4) is 6.07 Å². The van der Waals surface area contributed by atoms with Crippen LogP contribution in [0.25, 0.3) is 0 Å². The van der Waals surface area contributed by atoms with Crippen LogP contribution in [0.1, 0.15) is 47.0 Å². The second-order valence-electron chi connectivity index (χ2n) is 5.18. The van der Waals surface area contributed by atoms with E-state index in [0.717, 1.165) is 19.5 Å². The molecule has 1 aliphatic rings. The lowest BCUT2D eigenvalue weighted by atomic mass is 10.0. The van der Waals surface area contributed by atoms with Crippen LogP contribution in [0.5, 0.6) is 0 Å². The molecule has 0 aromatic rings. The molecule has 0 aromatic carbocycles. The molecular weight excluding hydrogens is 198 g/mol. The van der Waals surface area contributed by atoms with E-state index in [1.165, 1.54) is 12.8 Å². The molecule has 0 spiro atoms. The van der Waals surface area contributed by atoms with Crippen LogP contribution in [0.2, 0.25) is 0 Å². The predicted molar refractivity (Wildman–Crippen MR) is 67.2 cm³/mol. The van der Waals surface area contributed by atoms with Crippen molar-refractivity contribution < 1.29 is 0 Å².